The molecule has 0 spiro atoms. The van der Waals surface area contributed by atoms with Crippen molar-refractivity contribution in [3.8, 4) is 6.07 Å². The standard InChI is InChI=1S/C27H37F2N4O8P/c1-5-6-11-33-24-22(29)18(14-30)12-20(28)23(24)32-25(33)31-21(13-27(2,3)4)38-16-39-26(34)41-19-9-7-17(8-10-19)15-40-42(35,36)37/h12,17,19H,5-11,13,15-16H2,1-4H3,(H2,35,36,37)/b31-21-. The number of fused-ring (bicyclic) bond motifs is 1. The highest BCUT2D eigenvalue weighted by atomic mass is 31.2. The van der Waals surface area contributed by atoms with Crippen molar-refractivity contribution in [1.82, 2.24) is 9.55 Å². The van der Waals surface area contributed by atoms with E-state index in [1.54, 1.807) is 6.07 Å². The van der Waals surface area contributed by atoms with Crippen LogP contribution in [0.1, 0.15) is 78.2 Å². The molecule has 0 radical (unpaired) electrons. The molecule has 2 aromatic rings. The minimum absolute atomic E-state index is 0.00680. The zero-order valence-electron chi connectivity index (χ0n) is 24.1. The molecule has 12 nitrogen and oxygen atoms in total. The van der Waals surface area contributed by atoms with Gasteiger partial charge in [-0.1, -0.05) is 34.1 Å². The maximum absolute atomic E-state index is 15.1. The van der Waals surface area contributed by atoms with Crippen LogP contribution in [0.4, 0.5) is 19.5 Å². The first-order valence-electron chi connectivity index (χ1n) is 13.7. The Morgan fingerprint density at radius 2 is 1.93 bits per heavy atom. The third-order valence-corrected chi connectivity index (χ3v) is 7.07. The van der Waals surface area contributed by atoms with Crippen LogP contribution in [0.25, 0.3) is 11.0 Å². The number of carbonyl (C=O) groups is 1. The zero-order valence-corrected chi connectivity index (χ0v) is 25.0. The molecule has 1 saturated carbocycles. The summed E-state index contributed by atoms with van der Waals surface area (Å²) >= 11 is 0. The smallest absolute Gasteiger partial charge is 0.444 e. The lowest BCUT2D eigenvalue weighted by atomic mass is 9.88. The minimum Gasteiger partial charge on any atom is -0.444 e. The molecule has 1 heterocycles. The summed E-state index contributed by atoms with van der Waals surface area (Å²) in [5.74, 6) is -1.67. The number of phosphoric acid groups is 1. The van der Waals surface area contributed by atoms with E-state index >= 15 is 4.39 Å². The molecule has 2 N–H and O–H groups in total. The Balaban J connectivity index is 1.70. The van der Waals surface area contributed by atoms with Gasteiger partial charge in [0.25, 0.3) is 0 Å². The number of hydrogen-bond donors (Lipinski definition) is 2. The van der Waals surface area contributed by atoms with Gasteiger partial charge in [0.1, 0.15) is 23.2 Å². The van der Waals surface area contributed by atoms with E-state index in [4.69, 9.17) is 24.0 Å². The normalized spacial score (nSPS) is 18.1. The molecule has 1 aromatic heterocycles. The van der Waals surface area contributed by atoms with Gasteiger partial charge >= 0.3 is 14.0 Å². The fraction of sp³-hybridized carbons (Fsp3) is 0.630. The lowest BCUT2D eigenvalue weighted by Gasteiger charge is -2.27. The SMILES string of the molecule is CCCCn1c(/N=C(/CC(C)(C)C)OCOC(=O)OC2CCC(COP(=O)(O)O)CC2)nc2c(F)cc(C#N)c(F)c21. The molecule has 0 atom stereocenters. The summed E-state index contributed by atoms with van der Waals surface area (Å²) in [4.78, 5) is 38.6. The molecule has 0 aliphatic heterocycles. The number of ether oxygens (including phenoxy) is 3. The van der Waals surface area contributed by atoms with Crippen LogP contribution in [-0.2, 0) is 29.8 Å². The van der Waals surface area contributed by atoms with E-state index in [9.17, 15) is 19.0 Å². The van der Waals surface area contributed by atoms with Crippen LogP contribution in [0.5, 0.6) is 0 Å². The fourth-order valence-corrected chi connectivity index (χ4v) is 4.94. The number of carbonyl (C=O) groups excluding carboxylic acids is 1. The summed E-state index contributed by atoms with van der Waals surface area (Å²) in [7, 11) is -4.53. The molecule has 1 aromatic carbocycles. The van der Waals surface area contributed by atoms with Gasteiger partial charge in [-0.3, -0.25) is 4.52 Å². The number of unbranched alkanes of at least 4 members (excludes halogenated alkanes) is 1. The number of phosphoric ester groups is 1. The van der Waals surface area contributed by atoms with Crippen molar-refractivity contribution in [3.05, 3.63) is 23.3 Å². The fourth-order valence-electron chi connectivity index (χ4n) is 4.53. The topological polar surface area (TPSA) is 165 Å². The van der Waals surface area contributed by atoms with Crippen molar-refractivity contribution in [2.45, 2.75) is 85.3 Å². The molecule has 1 aliphatic rings. The number of aliphatic imine (C=N–C) groups is 1. The predicted octanol–water partition coefficient (Wildman–Crippen LogP) is 6.25. The molecular weight excluding hydrogens is 577 g/mol. The third kappa shape index (κ3) is 9.73. The van der Waals surface area contributed by atoms with Crippen LogP contribution in [0, 0.1) is 34.3 Å². The molecule has 15 heteroatoms. The first kappa shape index (κ1) is 33.4. The van der Waals surface area contributed by atoms with Gasteiger partial charge in [0.15, 0.2) is 17.5 Å². The van der Waals surface area contributed by atoms with E-state index in [0.29, 0.717) is 32.1 Å². The van der Waals surface area contributed by atoms with Gasteiger partial charge in [-0.15, -0.1) is 0 Å². The predicted molar refractivity (Wildman–Crippen MR) is 148 cm³/mol. The number of nitrogens with zero attached hydrogens (tertiary/aromatic N) is 4. The minimum atomic E-state index is -4.53. The maximum atomic E-state index is 15.1. The highest BCUT2D eigenvalue weighted by molar-refractivity contribution is 7.46. The number of aromatic nitrogens is 2. The Hall–Kier alpha value is -3.11. The molecular formula is C27H37F2N4O8P. The Morgan fingerprint density at radius 1 is 1.24 bits per heavy atom. The summed E-state index contributed by atoms with van der Waals surface area (Å²) in [5.41, 5.74) is -1.17. The molecule has 1 fully saturated rings. The van der Waals surface area contributed by atoms with Gasteiger partial charge in [-0.2, -0.15) is 10.3 Å². The summed E-state index contributed by atoms with van der Waals surface area (Å²) in [6.07, 6.45) is 2.37. The molecule has 0 saturated heterocycles. The van der Waals surface area contributed by atoms with Crippen LogP contribution >= 0.6 is 7.82 Å². The monoisotopic (exact) mass is 614 g/mol. The van der Waals surface area contributed by atoms with Gasteiger partial charge in [-0.05, 0) is 49.5 Å². The van der Waals surface area contributed by atoms with Crippen molar-refractivity contribution in [2.24, 2.45) is 16.3 Å². The van der Waals surface area contributed by atoms with Gasteiger partial charge in [0.05, 0.1) is 12.2 Å². The van der Waals surface area contributed by atoms with Crippen molar-refractivity contribution >= 4 is 36.9 Å². The van der Waals surface area contributed by atoms with E-state index in [2.05, 4.69) is 14.5 Å². The Morgan fingerprint density at radius 3 is 2.52 bits per heavy atom. The number of hydrogen-bond acceptors (Lipinski definition) is 9. The van der Waals surface area contributed by atoms with E-state index < -0.39 is 44.1 Å². The van der Waals surface area contributed by atoms with E-state index in [0.717, 1.165) is 12.5 Å². The van der Waals surface area contributed by atoms with E-state index in [1.165, 1.54) is 4.57 Å². The third-order valence-electron chi connectivity index (χ3n) is 6.59. The molecule has 0 amide bonds. The van der Waals surface area contributed by atoms with Crippen molar-refractivity contribution in [2.75, 3.05) is 13.4 Å². The second-order valence-electron chi connectivity index (χ2n) is 11.4. The second kappa shape index (κ2) is 14.4. The Kier molecular flexibility index (Phi) is 11.4. The number of benzene rings is 1. The van der Waals surface area contributed by atoms with E-state index in [1.807, 2.05) is 27.7 Å². The molecule has 0 unspecified atom stereocenters. The Labute approximate surface area is 242 Å². The number of imidazole rings is 1. The van der Waals surface area contributed by atoms with Crippen molar-refractivity contribution in [1.29, 1.82) is 5.26 Å². The number of nitriles is 1. The maximum Gasteiger partial charge on any atom is 0.511 e. The van der Waals surface area contributed by atoms with Gasteiger partial charge < -0.3 is 28.6 Å². The van der Waals surface area contributed by atoms with Crippen LogP contribution in [0.2, 0.25) is 0 Å². The molecule has 42 heavy (non-hydrogen) atoms. The zero-order chi connectivity index (χ0) is 31.1. The van der Waals surface area contributed by atoms with E-state index in [-0.39, 0.29) is 53.8 Å². The lowest BCUT2D eigenvalue weighted by Crippen LogP contribution is -2.27. The number of rotatable bonds is 11. The average Bonchev–Trinajstić information content (AvgIpc) is 3.26. The number of halogens is 2. The van der Waals surface area contributed by atoms with Crippen molar-refractivity contribution in [3.63, 3.8) is 0 Å². The second-order valence-corrected chi connectivity index (χ2v) is 12.6. The van der Waals surface area contributed by atoms with Crippen LogP contribution in [-0.4, -0.2) is 50.9 Å². The molecule has 232 valence electrons. The number of aryl methyl sites for hydroxylation is 1. The quantitative estimate of drug-likeness (QED) is 0.0971. The largest absolute Gasteiger partial charge is 0.511 e. The van der Waals surface area contributed by atoms with Gasteiger partial charge in [0, 0.05) is 13.0 Å². The summed E-state index contributed by atoms with van der Waals surface area (Å²) in [6.45, 7) is 7.40. The van der Waals surface area contributed by atoms with Gasteiger partial charge in [0.2, 0.25) is 12.7 Å². The highest BCUT2D eigenvalue weighted by Gasteiger charge is 2.27. The van der Waals surface area contributed by atoms with Gasteiger partial charge in [-0.25, -0.2) is 23.1 Å². The Bertz CT molecular complexity index is 1370. The summed E-state index contributed by atoms with van der Waals surface area (Å²) < 4.78 is 62.8. The average molecular weight is 615 g/mol. The van der Waals surface area contributed by atoms with Crippen LogP contribution in [0.15, 0.2) is 11.1 Å². The van der Waals surface area contributed by atoms with Crippen LogP contribution in [0.3, 0.4) is 0 Å². The highest BCUT2D eigenvalue weighted by Crippen LogP contribution is 2.38. The first-order valence-corrected chi connectivity index (χ1v) is 15.3. The first-order chi connectivity index (χ1) is 19.7. The van der Waals surface area contributed by atoms with Crippen LogP contribution < -0.4 is 0 Å². The molecule has 1 aliphatic carbocycles. The molecule has 0 bridgehead atoms. The van der Waals surface area contributed by atoms with Crippen molar-refractivity contribution < 1.29 is 46.7 Å². The lowest BCUT2D eigenvalue weighted by molar-refractivity contribution is -0.0314. The summed E-state index contributed by atoms with van der Waals surface area (Å²) in [6, 6.07) is 2.46. The molecule has 3 rings (SSSR count). The summed E-state index contributed by atoms with van der Waals surface area (Å²) in [5, 5.41) is 9.24.